The number of ether oxygens (including phenoxy) is 1. The Balaban J connectivity index is 1.53. The van der Waals surface area contributed by atoms with E-state index in [2.05, 4.69) is 31.1 Å². The van der Waals surface area contributed by atoms with Crippen molar-refractivity contribution >= 4 is 27.7 Å². The van der Waals surface area contributed by atoms with Crippen molar-refractivity contribution in [3.63, 3.8) is 0 Å². The summed E-state index contributed by atoms with van der Waals surface area (Å²) in [5.41, 5.74) is 1.00. The Morgan fingerprint density at radius 2 is 1.82 bits per heavy atom. The highest BCUT2D eigenvalue weighted by molar-refractivity contribution is 9.10. The monoisotopic (exact) mass is 375 g/mol. The Bertz CT molecular complexity index is 733. The number of nitrogens with zero attached hydrogens (tertiary/aromatic N) is 2. The Kier molecular flexibility index (Phi) is 5.13. The predicted octanol–water partition coefficient (Wildman–Crippen LogP) is 4.41. The maximum absolute atomic E-state index is 5.64. The van der Waals surface area contributed by atoms with Crippen molar-refractivity contribution in [2.24, 2.45) is 0 Å². The molecule has 0 amide bonds. The molecule has 1 N–H and O–H groups in total. The van der Waals surface area contributed by atoms with Gasteiger partial charge in [0, 0.05) is 15.8 Å². The van der Waals surface area contributed by atoms with Crippen LogP contribution in [0.1, 0.15) is 0 Å². The van der Waals surface area contributed by atoms with Crippen molar-refractivity contribution in [3.8, 4) is 17.1 Å². The minimum absolute atomic E-state index is 0.619. The molecular weight excluding hydrogens is 362 g/mol. The van der Waals surface area contributed by atoms with E-state index in [9.17, 15) is 0 Å². The van der Waals surface area contributed by atoms with Crippen molar-refractivity contribution in [2.75, 3.05) is 12.4 Å². The zero-order chi connectivity index (χ0) is 15.2. The average molecular weight is 376 g/mol. The predicted molar refractivity (Wildman–Crippen MR) is 92.2 cm³/mol. The lowest BCUT2D eigenvalue weighted by Gasteiger charge is -2.03. The van der Waals surface area contributed by atoms with Crippen LogP contribution in [-0.2, 0) is 0 Å². The van der Waals surface area contributed by atoms with Crippen molar-refractivity contribution in [1.29, 1.82) is 0 Å². The second-order valence-corrected chi connectivity index (χ2v) is 6.37. The lowest BCUT2D eigenvalue weighted by atomic mass is 10.2. The molecule has 0 bridgehead atoms. The van der Waals surface area contributed by atoms with E-state index in [0.717, 1.165) is 32.5 Å². The number of hydrogen-bond acceptors (Lipinski definition) is 4. The first-order chi connectivity index (χ1) is 10.8. The molecule has 3 aromatic rings. The lowest BCUT2D eigenvalue weighted by Crippen LogP contribution is -2.00. The molecule has 0 radical (unpaired) electrons. The van der Waals surface area contributed by atoms with Crippen molar-refractivity contribution < 1.29 is 4.74 Å². The number of aromatic nitrogens is 3. The summed E-state index contributed by atoms with van der Waals surface area (Å²) in [6, 6.07) is 17.7. The number of aromatic amines is 1. The van der Waals surface area contributed by atoms with Crippen LogP contribution < -0.4 is 4.74 Å². The fraction of sp³-hybridized carbons (Fsp3) is 0.125. The highest BCUT2D eigenvalue weighted by atomic mass is 79.9. The van der Waals surface area contributed by atoms with Gasteiger partial charge in [0.05, 0.1) is 6.61 Å². The van der Waals surface area contributed by atoms with Gasteiger partial charge in [-0.1, -0.05) is 64.1 Å². The third-order valence-electron chi connectivity index (χ3n) is 2.92. The van der Waals surface area contributed by atoms with Crippen LogP contribution in [0.2, 0.25) is 0 Å². The van der Waals surface area contributed by atoms with Crippen LogP contribution >= 0.6 is 27.7 Å². The molecule has 112 valence electrons. The third kappa shape index (κ3) is 3.90. The van der Waals surface area contributed by atoms with Gasteiger partial charge in [-0.25, -0.2) is 4.98 Å². The summed E-state index contributed by atoms with van der Waals surface area (Å²) in [5, 5.41) is 7.92. The molecule has 0 saturated carbocycles. The number of halogens is 1. The summed E-state index contributed by atoms with van der Waals surface area (Å²) in [4.78, 5) is 4.50. The van der Waals surface area contributed by atoms with Gasteiger partial charge in [0.15, 0.2) is 5.82 Å². The molecule has 2 aromatic carbocycles. The molecule has 0 fully saturated rings. The smallest absolute Gasteiger partial charge is 0.208 e. The van der Waals surface area contributed by atoms with E-state index < -0.39 is 0 Å². The molecule has 0 spiro atoms. The molecule has 4 nitrogen and oxygen atoms in total. The zero-order valence-corrected chi connectivity index (χ0v) is 14.1. The van der Waals surface area contributed by atoms with Gasteiger partial charge >= 0.3 is 0 Å². The second-order valence-electron chi connectivity index (χ2n) is 4.46. The van der Waals surface area contributed by atoms with Crippen molar-refractivity contribution in [1.82, 2.24) is 15.2 Å². The number of H-pyrrole nitrogens is 1. The van der Waals surface area contributed by atoms with E-state index >= 15 is 0 Å². The largest absolute Gasteiger partial charge is 0.493 e. The Morgan fingerprint density at radius 3 is 2.64 bits per heavy atom. The number of nitrogens with one attached hydrogen (secondary N) is 1. The quantitative estimate of drug-likeness (QED) is 0.512. The Morgan fingerprint density at radius 1 is 1.05 bits per heavy atom. The van der Waals surface area contributed by atoms with Crippen LogP contribution in [0.15, 0.2) is 64.2 Å². The minimum atomic E-state index is 0.619. The van der Waals surface area contributed by atoms with E-state index in [1.54, 1.807) is 11.8 Å². The maximum atomic E-state index is 5.64. The van der Waals surface area contributed by atoms with Gasteiger partial charge in [-0.05, 0) is 18.2 Å². The molecule has 3 rings (SSSR count). The summed E-state index contributed by atoms with van der Waals surface area (Å²) >= 11 is 5.08. The van der Waals surface area contributed by atoms with Crippen LogP contribution in [-0.4, -0.2) is 27.5 Å². The molecule has 22 heavy (non-hydrogen) atoms. The molecule has 1 aromatic heterocycles. The van der Waals surface area contributed by atoms with E-state index in [4.69, 9.17) is 4.74 Å². The Labute approximate surface area is 141 Å². The maximum Gasteiger partial charge on any atom is 0.208 e. The summed E-state index contributed by atoms with van der Waals surface area (Å²) in [5.74, 6) is 2.44. The second kappa shape index (κ2) is 7.47. The van der Waals surface area contributed by atoms with Crippen molar-refractivity contribution in [3.05, 3.63) is 59.1 Å². The molecule has 0 aliphatic heterocycles. The van der Waals surface area contributed by atoms with Crippen LogP contribution in [0.25, 0.3) is 11.4 Å². The van der Waals surface area contributed by atoms with E-state index in [-0.39, 0.29) is 0 Å². The summed E-state index contributed by atoms with van der Waals surface area (Å²) in [6.45, 7) is 0.619. The number of thioether (sulfide) groups is 1. The van der Waals surface area contributed by atoms with Crippen molar-refractivity contribution in [2.45, 2.75) is 5.16 Å². The molecule has 0 atom stereocenters. The normalized spacial score (nSPS) is 10.6. The fourth-order valence-electron chi connectivity index (χ4n) is 1.89. The highest BCUT2D eigenvalue weighted by Gasteiger charge is 2.08. The molecule has 0 saturated heterocycles. The van der Waals surface area contributed by atoms with Crippen LogP contribution in [0.3, 0.4) is 0 Å². The first-order valence-electron chi connectivity index (χ1n) is 6.81. The van der Waals surface area contributed by atoms with E-state index in [1.807, 2.05) is 54.6 Å². The fourth-order valence-corrected chi connectivity index (χ4v) is 2.98. The average Bonchev–Trinajstić information content (AvgIpc) is 3.02. The summed E-state index contributed by atoms with van der Waals surface area (Å²) in [7, 11) is 0. The van der Waals surface area contributed by atoms with E-state index in [1.165, 1.54) is 0 Å². The van der Waals surface area contributed by atoms with Gasteiger partial charge in [0.25, 0.3) is 0 Å². The molecule has 6 heteroatoms. The number of rotatable bonds is 6. The first-order valence-corrected chi connectivity index (χ1v) is 8.59. The minimum Gasteiger partial charge on any atom is -0.493 e. The summed E-state index contributed by atoms with van der Waals surface area (Å²) in [6.07, 6.45) is 0. The Hall–Kier alpha value is -1.79. The van der Waals surface area contributed by atoms with Crippen LogP contribution in [0, 0.1) is 0 Å². The van der Waals surface area contributed by atoms with Gasteiger partial charge in [0.1, 0.15) is 5.75 Å². The number of benzene rings is 2. The highest BCUT2D eigenvalue weighted by Crippen LogP contribution is 2.26. The SMILES string of the molecule is Brc1ccccc1-c1nc(SCCOc2ccccc2)n[nH]1. The van der Waals surface area contributed by atoms with Gasteiger partial charge in [-0.3, -0.25) is 5.10 Å². The molecular formula is C16H14BrN3OS. The van der Waals surface area contributed by atoms with Gasteiger partial charge in [-0.2, -0.15) is 0 Å². The first kappa shape index (κ1) is 15.1. The molecule has 0 unspecified atom stereocenters. The third-order valence-corrected chi connectivity index (χ3v) is 4.42. The zero-order valence-electron chi connectivity index (χ0n) is 11.7. The van der Waals surface area contributed by atoms with Gasteiger partial charge in [-0.15, -0.1) is 5.10 Å². The van der Waals surface area contributed by atoms with Gasteiger partial charge in [0.2, 0.25) is 5.16 Å². The molecule has 0 aliphatic carbocycles. The molecule has 0 aliphatic rings. The number of hydrogen-bond donors (Lipinski definition) is 1. The lowest BCUT2D eigenvalue weighted by molar-refractivity contribution is 0.344. The summed E-state index contributed by atoms with van der Waals surface area (Å²) < 4.78 is 6.64. The molecule has 1 heterocycles. The standard InChI is InChI=1S/C16H14BrN3OS/c17-14-9-5-4-8-13(14)15-18-16(20-19-15)22-11-10-21-12-6-2-1-3-7-12/h1-9H,10-11H2,(H,18,19,20). The van der Waals surface area contributed by atoms with E-state index in [0.29, 0.717) is 6.61 Å². The van der Waals surface area contributed by atoms with Gasteiger partial charge < -0.3 is 4.74 Å². The topological polar surface area (TPSA) is 50.8 Å². The van der Waals surface area contributed by atoms with Crippen LogP contribution in [0.4, 0.5) is 0 Å². The van der Waals surface area contributed by atoms with Crippen LogP contribution in [0.5, 0.6) is 5.75 Å². The number of para-hydroxylation sites is 1.